The predicted molar refractivity (Wildman–Crippen MR) is 72.4 cm³/mol. The van der Waals surface area contributed by atoms with Crippen molar-refractivity contribution >= 4 is 18.3 Å². The molecule has 17 heavy (non-hydrogen) atoms. The van der Waals surface area contributed by atoms with Gasteiger partial charge in [-0.15, -0.1) is 12.4 Å². The van der Waals surface area contributed by atoms with Crippen molar-refractivity contribution in [3.63, 3.8) is 0 Å². The molecule has 2 aliphatic rings. The first-order valence-corrected chi connectivity index (χ1v) is 6.62. The number of piperidine rings is 1. The molecular formula is C13H25ClN2O. The molecule has 0 aromatic heterocycles. The summed E-state index contributed by atoms with van der Waals surface area (Å²) in [6.45, 7) is 7.35. The van der Waals surface area contributed by atoms with Gasteiger partial charge in [0, 0.05) is 13.1 Å². The molecule has 2 fully saturated rings. The van der Waals surface area contributed by atoms with Crippen LogP contribution in [0.4, 0.5) is 0 Å². The standard InChI is InChI=1S/C13H24N2O.ClH/c1-10(2)13(5-6-13)9-15-12(16)11-4-3-7-14-8-11;/h10-11,14H,3-9H2,1-2H3,(H,15,16);1H. The van der Waals surface area contributed by atoms with Crippen molar-refractivity contribution in [2.24, 2.45) is 17.3 Å². The number of rotatable bonds is 4. The van der Waals surface area contributed by atoms with Gasteiger partial charge < -0.3 is 10.6 Å². The lowest BCUT2D eigenvalue weighted by Crippen LogP contribution is -2.42. The molecule has 1 aliphatic carbocycles. The van der Waals surface area contributed by atoms with Crippen molar-refractivity contribution < 1.29 is 4.79 Å². The Morgan fingerprint density at radius 1 is 1.47 bits per heavy atom. The first-order chi connectivity index (χ1) is 7.64. The van der Waals surface area contributed by atoms with Gasteiger partial charge in [-0.3, -0.25) is 4.79 Å². The number of hydrogen-bond donors (Lipinski definition) is 2. The molecule has 1 atom stereocenters. The molecule has 1 aliphatic heterocycles. The molecule has 0 aromatic carbocycles. The van der Waals surface area contributed by atoms with E-state index in [4.69, 9.17) is 0 Å². The van der Waals surface area contributed by atoms with E-state index in [1.54, 1.807) is 0 Å². The first kappa shape index (κ1) is 14.8. The van der Waals surface area contributed by atoms with Crippen LogP contribution in [0.2, 0.25) is 0 Å². The van der Waals surface area contributed by atoms with E-state index >= 15 is 0 Å². The maximum atomic E-state index is 11.9. The van der Waals surface area contributed by atoms with Gasteiger partial charge in [0.15, 0.2) is 0 Å². The third kappa shape index (κ3) is 3.59. The third-order valence-electron chi connectivity index (χ3n) is 4.40. The van der Waals surface area contributed by atoms with Crippen LogP contribution in [0.15, 0.2) is 0 Å². The monoisotopic (exact) mass is 260 g/mol. The Hall–Kier alpha value is -0.280. The van der Waals surface area contributed by atoms with E-state index < -0.39 is 0 Å². The van der Waals surface area contributed by atoms with Crippen molar-refractivity contribution in [1.29, 1.82) is 0 Å². The Kier molecular flexibility index (Phi) is 5.26. The normalized spacial score (nSPS) is 26.2. The number of carbonyl (C=O) groups is 1. The largest absolute Gasteiger partial charge is 0.355 e. The summed E-state index contributed by atoms with van der Waals surface area (Å²) in [7, 11) is 0. The smallest absolute Gasteiger partial charge is 0.224 e. The van der Waals surface area contributed by atoms with Crippen molar-refractivity contribution in [3.8, 4) is 0 Å². The van der Waals surface area contributed by atoms with Crippen LogP contribution < -0.4 is 10.6 Å². The van der Waals surface area contributed by atoms with Crippen LogP contribution in [0.3, 0.4) is 0 Å². The molecule has 0 bridgehead atoms. The highest BCUT2D eigenvalue weighted by molar-refractivity contribution is 5.85. The number of nitrogens with one attached hydrogen (secondary N) is 2. The summed E-state index contributed by atoms with van der Waals surface area (Å²) in [6, 6.07) is 0. The van der Waals surface area contributed by atoms with E-state index in [2.05, 4.69) is 24.5 Å². The fourth-order valence-corrected chi connectivity index (χ4v) is 2.60. The molecular weight excluding hydrogens is 236 g/mol. The minimum atomic E-state index is 0. The van der Waals surface area contributed by atoms with Crippen LogP contribution in [-0.2, 0) is 4.79 Å². The third-order valence-corrected chi connectivity index (χ3v) is 4.40. The second-order valence-electron chi connectivity index (χ2n) is 5.78. The van der Waals surface area contributed by atoms with E-state index in [9.17, 15) is 4.79 Å². The summed E-state index contributed by atoms with van der Waals surface area (Å²) in [4.78, 5) is 11.9. The van der Waals surface area contributed by atoms with Crippen LogP contribution in [-0.4, -0.2) is 25.5 Å². The highest BCUT2D eigenvalue weighted by Gasteiger charge is 2.45. The molecule has 1 amide bonds. The lowest BCUT2D eigenvalue weighted by Gasteiger charge is -2.25. The zero-order chi connectivity index (χ0) is 11.6. The van der Waals surface area contributed by atoms with E-state index in [1.165, 1.54) is 12.8 Å². The summed E-state index contributed by atoms with van der Waals surface area (Å²) in [6.07, 6.45) is 4.75. The maximum absolute atomic E-state index is 11.9. The first-order valence-electron chi connectivity index (χ1n) is 6.62. The van der Waals surface area contributed by atoms with E-state index in [1.807, 2.05) is 0 Å². The van der Waals surface area contributed by atoms with Gasteiger partial charge in [-0.05, 0) is 43.6 Å². The highest BCUT2D eigenvalue weighted by atomic mass is 35.5. The van der Waals surface area contributed by atoms with Crippen LogP contribution in [0.5, 0.6) is 0 Å². The van der Waals surface area contributed by atoms with Crippen molar-refractivity contribution in [2.45, 2.75) is 39.5 Å². The van der Waals surface area contributed by atoms with Crippen molar-refractivity contribution in [3.05, 3.63) is 0 Å². The molecule has 1 heterocycles. The molecule has 0 aromatic rings. The maximum Gasteiger partial charge on any atom is 0.224 e. The highest BCUT2D eigenvalue weighted by Crippen LogP contribution is 2.51. The quantitative estimate of drug-likeness (QED) is 0.811. The van der Waals surface area contributed by atoms with Crippen molar-refractivity contribution in [1.82, 2.24) is 10.6 Å². The Morgan fingerprint density at radius 3 is 2.65 bits per heavy atom. The van der Waals surface area contributed by atoms with Gasteiger partial charge >= 0.3 is 0 Å². The van der Waals surface area contributed by atoms with Gasteiger partial charge in [-0.25, -0.2) is 0 Å². The molecule has 0 spiro atoms. The predicted octanol–water partition coefficient (Wildman–Crippen LogP) is 1.96. The van der Waals surface area contributed by atoms with Crippen LogP contribution in [0, 0.1) is 17.3 Å². The topological polar surface area (TPSA) is 41.1 Å². The Labute approximate surface area is 111 Å². The molecule has 4 heteroatoms. The molecule has 0 radical (unpaired) electrons. The number of halogens is 1. The average Bonchev–Trinajstić information content (AvgIpc) is 3.08. The fraction of sp³-hybridized carbons (Fsp3) is 0.923. The molecule has 1 saturated heterocycles. The van der Waals surface area contributed by atoms with Crippen molar-refractivity contribution in [2.75, 3.05) is 19.6 Å². The van der Waals surface area contributed by atoms with Gasteiger partial charge in [0.25, 0.3) is 0 Å². The van der Waals surface area contributed by atoms with Gasteiger partial charge in [0.05, 0.1) is 5.92 Å². The SMILES string of the molecule is CC(C)C1(CNC(=O)C2CCCNC2)CC1.Cl. The second-order valence-corrected chi connectivity index (χ2v) is 5.78. The summed E-state index contributed by atoms with van der Waals surface area (Å²) < 4.78 is 0. The van der Waals surface area contributed by atoms with Gasteiger partial charge in [-0.1, -0.05) is 13.8 Å². The average molecular weight is 261 g/mol. The van der Waals surface area contributed by atoms with Gasteiger partial charge in [0.1, 0.15) is 0 Å². The lowest BCUT2D eigenvalue weighted by atomic mass is 9.92. The van der Waals surface area contributed by atoms with Gasteiger partial charge in [0.2, 0.25) is 5.91 Å². The zero-order valence-electron chi connectivity index (χ0n) is 10.9. The number of amides is 1. The molecule has 1 saturated carbocycles. The van der Waals surface area contributed by atoms with E-state index in [-0.39, 0.29) is 24.2 Å². The summed E-state index contributed by atoms with van der Waals surface area (Å²) in [5.41, 5.74) is 0.428. The summed E-state index contributed by atoms with van der Waals surface area (Å²) in [5, 5.41) is 6.45. The Morgan fingerprint density at radius 2 is 2.18 bits per heavy atom. The molecule has 1 unspecified atom stereocenters. The molecule has 100 valence electrons. The van der Waals surface area contributed by atoms with Crippen LogP contribution >= 0.6 is 12.4 Å². The fourth-order valence-electron chi connectivity index (χ4n) is 2.60. The Balaban J connectivity index is 0.00000144. The van der Waals surface area contributed by atoms with E-state index in [0.29, 0.717) is 11.3 Å². The minimum absolute atomic E-state index is 0. The second kappa shape index (κ2) is 6.05. The number of carbonyl (C=O) groups excluding carboxylic acids is 1. The minimum Gasteiger partial charge on any atom is -0.355 e. The summed E-state index contributed by atoms with van der Waals surface area (Å²) >= 11 is 0. The lowest BCUT2D eigenvalue weighted by molar-refractivity contribution is -0.125. The number of hydrogen-bond acceptors (Lipinski definition) is 2. The summed E-state index contributed by atoms with van der Waals surface area (Å²) in [5.74, 6) is 1.16. The molecule has 2 N–H and O–H groups in total. The van der Waals surface area contributed by atoms with Gasteiger partial charge in [-0.2, -0.15) is 0 Å². The Bertz CT molecular complexity index is 258. The van der Waals surface area contributed by atoms with Crippen LogP contribution in [0.1, 0.15) is 39.5 Å². The molecule has 3 nitrogen and oxygen atoms in total. The van der Waals surface area contributed by atoms with Crippen LogP contribution in [0.25, 0.3) is 0 Å². The van der Waals surface area contributed by atoms with E-state index in [0.717, 1.165) is 32.5 Å². The zero-order valence-corrected chi connectivity index (χ0v) is 11.7. The molecule has 2 rings (SSSR count).